The molecule has 0 N–H and O–H groups in total. The van der Waals surface area contributed by atoms with Crippen molar-refractivity contribution in [2.24, 2.45) is 0 Å². The minimum atomic E-state index is -0.00472. The zero-order valence-corrected chi connectivity index (χ0v) is 9.45. The fraction of sp³-hybridized carbons (Fsp3) is 1.00. The van der Waals surface area contributed by atoms with Crippen molar-refractivity contribution in [3.8, 4) is 0 Å². The first-order valence-corrected chi connectivity index (χ1v) is 5.54. The topological polar surface area (TPSA) is 21.7 Å². The van der Waals surface area contributed by atoms with Crippen molar-refractivity contribution >= 4 is 0 Å². The molecule has 3 nitrogen and oxygen atoms in total. The molecule has 0 aromatic rings. The van der Waals surface area contributed by atoms with Crippen molar-refractivity contribution < 1.29 is 9.47 Å². The molecule has 2 fully saturated rings. The molecule has 0 aromatic heterocycles. The van der Waals surface area contributed by atoms with Gasteiger partial charge in [0.1, 0.15) is 0 Å². The summed E-state index contributed by atoms with van der Waals surface area (Å²) in [5, 5.41) is 0. The molecule has 82 valence electrons. The van der Waals surface area contributed by atoms with Gasteiger partial charge in [0.05, 0.1) is 24.9 Å². The van der Waals surface area contributed by atoms with Crippen molar-refractivity contribution in [3.63, 3.8) is 0 Å². The highest BCUT2D eigenvalue weighted by Gasteiger charge is 2.38. The van der Waals surface area contributed by atoms with Crippen LogP contribution in [-0.4, -0.2) is 49.0 Å². The van der Waals surface area contributed by atoms with Crippen LogP contribution in [-0.2, 0) is 9.47 Å². The molecule has 0 saturated carbocycles. The molecule has 14 heavy (non-hydrogen) atoms. The van der Waals surface area contributed by atoms with Crippen LogP contribution in [0.2, 0.25) is 0 Å². The Labute approximate surface area is 86.4 Å². The molecular weight excluding hydrogens is 178 g/mol. The Bertz CT molecular complexity index is 200. The summed E-state index contributed by atoms with van der Waals surface area (Å²) in [6, 6.07) is 0.670. The predicted molar refractivity (Wildman–Crippen MR) is 55.4 cm³/mol. The largest absolute Gasteiger partial charge is 0.375 e. The fourth-order valence-corrected chi connectivity index (χ4v) is 2.22. The minimum absolute atomic E-state index is 0.00472. The van der Waals surface area contributed by atoms with Crippen molar-refractivity contribution in [3.05, 3.63) is 0 Å². The summed E-state index contributed by atoms with van der Waals surface area (Å²) in [6.45, 7) is 10.2. The maximum Gasteiger partial charge on any atom is 0.0718 e. The van der Waals surface area contributed by atoms with Crippen LogP contribution in [0.25, 0.3) is 0 Å². The van der Waals surface area contributed by atoms with Crippen molar-refractivity contribution in [2.75, 3.05) is 26.3 Å². The number of likely N-dealkylation sites (tertiary alicyclic amines) is 1. The van der Waals surface area contributed by atoms with Gasteiger partial charge in [-0.05, 0) is 27.2 Å². The molecular formula is C11H21NO2. The molecule has 0 spiro atoms. The van der Waals surface area contributed by atoms with E-state index in [0.717, 1.165) is 26.3 Å². The summed E-state index contributed by atoms with van der Waals surface area (Å²) in [5.41, 5.74) is -0.00472. The first-order chi connectivity index (χ1) is 6.54. The van der Waals surface area contributed by atoms with Crippen LogP contribution in [0.4, 0.5) is 0 Å². The van der Waals surface area contributed by atoms with E-state index in [-0.39, 0.29) is 5.60 Å². The molecule has 2 aliphatic rings. The molecule has 2 aliphatic heterocycles. The fourth-order valence-electron chi connectivity index (χ4n) is 2.22. The van der Waals surface area contributed by atoms with E-state index < -0.39 is 0 Å². The number of nitrogens with zero attached hydrogens (tertiary/aromatic N) is 1. The highest BCUT2D eigenvalue weighted by molar-refractivity contribution is 4.91. The van der Waals surface area contributed by atoms with E-state index in [1.54, 1.807) is 0 Å². The Kier molecular flexibility index (Phi) is 2.82. The van der Waals surface area contributed by atoms with Crippen molar-refractivity contribution in [2.45, 2.75) is 44.9 Å². The Morgan fingerprint density at radius 2 is 2.21 bits per heavy atom. The van der Waals surface area contributed by atoms with Gasteiger partial charge in [-0.1, -0.05) is 0 Å². The minimum Gasteiger partial charge on any atom is -0.375 e. The Hall–Kier alpha value is -0.120. The normalized spacial score (nSPS) is 32.8. The monoisotopic (exact) mass is 199 g/mol. The SMILES string of the molecule is CC(C)(C)OCCN1CC2CC1CO2. The maximum atomic E-state index is 5.72. The number of hydrogen-bond donors (Lipinski definition) is 0. The van der Waals surface area contributed by atoms with Crippen molar-refractivity contribution in [1.82, 2.24) is 4.90 Å². The molecule has 2 atom stereocenters. The second-order valence-corrected chi connectivity index (χ2v) is 5.30. The van der Waals surface area contributed by atoms with E-state index in [1.807, 2.05) is 0 Å². The number of hydrogen-bond acceptors (Lipinski definition) is 3. The molecule has 2 saturated heterocycles. The van der Waals surface area contributed by atoms with Gasteiger partial charge < -0.3 is 9.47 Å². The molecule has 0 amide bonds. The average Bonchev–Trinajstić information content (AvgIpc) is 2.62. The summed E-state index contributed by atoms with van der Waals surface area (Å²) < 4.78 is 11.3. The summed E-state index contributed by atoms with van der Waals surface area (Å²) in [6.07, 6.45) is 1.74. The summed E-state index contributed by atoms with van der Waals surface area (Å²) in [7, 11) is 0. The number of morpholine rings is 1. The van der Waals surface area contributed by atoms with E-state index in [4.69, 9.17) is 9.47 Å². The average molecular weight is 199 g/mol. The summed E-state index contributed by atoms with van der Waals surface area (Å²) >= 11 is 0. The molecule has 2 rings (SSSR count). The molecule has 2 unspecified atom stereocenters. The maximum absolute atomic E-state index is 5.72. The first kappa shape index (κ1) is 10.4. The van der Waals surface area contributed by atoms with E-state index >= 15 is 0 Å². The first-order valence-electron chi connectivity index (χ1n) is 5.54. The summed E-state index contributed by atoms with van der Waals surface area (Å²) in [5.74, 6) is 0. The van der Waals surface area contributed by atoms with Crippen LogP contribution in [0.3, 0.4) is 0 Å². The second kappa shape index (κ2) is 3.80. The van der Waals surface area contributed by atoms with Gasteiger partial charge in [0, 0.05) is 19.1 Å². The summed E-state index contributed by atoms with van der Waals surface area (Å²) in [4.78, 5) is 2.50. The van der Waals surface area contributed by atoms with E-state index in [0.29, 0.717) is 12.1 Å². The Balaban J connectivity index is 1.67. The Morgan fingerprint density at radius 3 is 2.71 bits per heavy atom. The van der Waals surface area contributed by atoms with Gasteiger partial charge in [-0.25, -0.2) is 0 Å². The molecule has 0 radical (unpaired) electrons. The quantitative estimate of drug-likeness (QED) is 0.683. The highest BCUT2D eigenvalue weighted by atomic mass is 16.5. The van der Waals surface area contributed by atoms with Crippen molar-refractivity contribution in [1.29, 1.82) is 0 Å². The third-order valence-corrected chi connectivity index (χ3v) is 2.93. The van der Waals surface area contributed by atoms with Gasteiger partial charge in [-0.2, -0.15) is 0 Å². The number of ether oxygens (including phenoxy) is 2. The number of rotatable bonds is 3. The standard InChI is InChI=1S/C11H21NO2/c1-11(2,3)14-5-4-12-7-10-6-9(12)8-13-10/h9-10H,4-8H2,1-3H3. The van der Waals surface area contributed by atoms with Crippen LogP contribution >= 0.6 is 0 Å². The van der Waals surface area contributed by atoms with Gasteiger partial charge in [-0.15, -0.1) is 0 Å². The zero-order valence-electron chi connectivity index (χ0n) is 9.45. The lowest BCUT2D eigenvalue weighted by molar-refractivity contribution is -0.0295. The van der Waals surface area contributed by atoms with Crippen LogP contribution in [0.1, 0.15) is 27.2 Å². The predicted octanol–water partition coefficient (Wildman–Crippen LogP) is 1.27. The molecule has 3 heteroatoms. The smallest absolute Gasteiger partial charge is 0.0718 e. The lowest BCUT2D eigenvalue weighted by Crippen LogP contribution is -2.39. The second-order valence-electron chi connectivity index (χ2n) is 5.30. The van der Waals surface area contributed by atoms with Crippen LogP contribution in [0.5, 0.6) is 0 Å². The van der Waals surface area contributed by atoms with Gasteiger partial charge in [0.25, 0.3) is 0 Å². The Morgan fingerprint density at radius 1 is 1.43 bits per heavy atom. The van der Waals surface area contributed by atoms with Gasteiger partial charge in [-0.3, -0.25) is 4.90 Å². The van der Waals surface area contributed by atoms with E-state index in [1.165, 1.54) is 6.42 Å². The van der Waals surface area contributed by atoms with E-state index in [2.05, 4.69) is 25.7 Å². The molecule has 0 aromatic carbocycles. The van der Waals surface area contributed by atoms with Gasteiger partial charge >= 0.3 is 0 Å². The lowest BCUT2D eigenvalue weighted by Gasteiger charge is -2.28. The third-order valence-electron chi connectivity index (χ3n) is 2.93. The van der Waals surface area contributed by atoms with Crippen LogP contribution in [0, 0.1) is 0 Å². The van der Waals surface area contributed by atoms with Gasteiger partial charge in [0.2, 0.25) is 0 Å². The van der Waals surface area contributed by atoms with Crippen LogP contribution in [0.15, 0.2) is 0 Å². The van der Waals surface area contributed by atoms with Crippen LogP contribution < -0.4 is 0 Å². The van der Waals surface area contributed by atoms with E-state index in [9.17, 15) is 0 Å². The van der Waals surface area contributed by atoms with Gasteiger partial charge in [0.15, 0.2) is 0 Å². The molecule has 0 aliphatic carbocycles. The molecule has 2 heterocycles. The number of fused-ring (bicyclic) bond motifs is 2. The lowest BCUT2D eigenvalue weighted by atomic mass is 10.2. The third kappa shape index (κ3) is 2.47. The zero-order chi connectivity index (χ0) is 10.2. The molecule has 2 bridgehead atoms. The highest BCUT2D eigenvalue weighted by Crippen LogP contribution is 2.27.